The second kappa shape index (κ2) is 9.31. The summed E-state index contributed by atoms with van der Waals surface area (Å²) in [5, 5.41) is 3.15. The normalized spacial score (nSPS) is 14.4. The predicted octanol–water partition coefficient (Wildman–Crippen LogP) is 4.35. The van der Waals surface area contributed by atoms with Crippen molar-refractivity contribution < 1.29 is 19.0 Å². The predicted molar refractivity (Wildman–Crippen MR) is 105 cm³/mol. The van der Waals surface area contributed by atoms with Crippen LogP contribution in [0.3, 0.4) is 0 Å². The molecule has 0 spiro atoms. The van der Waals surface area contributed by atoms with Crippen LogP contribution in [0.15, 0.2) is 42.5 Å². The molecule has 1 aliphatic carbocycles. The molecule has 1 fully saturated rings. The highest BCUT2D eigenvalue weighted by atomic mass is 16.5. The summed E-state index contributed by atoms with van der Waals surface area (Å²) >= 11 is 0. The molecule has 27 heavy (non-hydrogen) atoms. The van der Waals surface area contributed by atoms with Gasteiger partial charge in [0, 0.05) is 17.2 Å². The van der Waals surface area contributed by atoms with Crippen LogP contribution in [0.1, 0.15) is 48.0 Å². The van der Waals surface area contributed by atoms with Gasteiger partial charge in [0.2, 0.25) is 0 Å². The lowest BCUT2D eigenvalue weighted by Gasteiger charge is -2.23. The Morgan fingerprint density at radius 2 is 1.67 bits per heavy atom. The Kier molecular flexibility index (Phi) is 6.58. The van der Waals surface area contributed by atoms with Gasteiger partial charge in [-0.25, -0.2) is 0 Å². The van der Waals surface area contributed by atoms with Crippen LogP contribution in [-0.2, 0) is 6.61 Å². The average molecular weight is 369 g/mol. The number of methoxy groups -OCH3 is 2. The highest BCUT2D eigenvalue weighted by Gasteiger charge is 2.18. The zero-order chi connectivity index (χ0) is 19.1. The van der Waals surface area contributed by atoms with Crippen LogP contribution >= 0.6 is 0 Å². The minimum atomic E-state index is -0.0388. The molecule has 1 aliphatic rings. The molecule has 0 bridgehead atoms. The Balaban J connectivity index is 1.72. The number of rotatable bonds is 7. The van der Waals surface area contributed by atoms with Gasteiger partial charge in [-0.3, -0.25) is 4.79 Å². The van der Waals surface area contributed by atoms with Crippen molar-refractivity contribution in [2.45, 2.75) is 44.8 Å². The fraction of sp³-hybridized carbons (Fsp3) is 0.409. The maximum atomic E-state index is 12.6. The van der Waals surface area contributed by atoms with Gasteiger partial charge in [-0.1, -0.05) is 31.4 Å². The van der Waals surface area contributed by atoms with Crippen molar-refractivity contribution in [2.75, 3.05) is 14.2 Å². The van der Waals surface area contributed by atoms with Gasteiger partial charge < -0.3 is 19.5 Å². The van der Waals surface area contributed by atoms with Gasteiger partial charge in [0.15, 0.2) is 11.5 Å². The number of benzene rings is 2. The van der Waals surface area contributed by atoms with E-state index in [-0.39, 0.29) is 18.6 Å². The molecule has 0 unspecified atom stereocenters. The first kappa shape index (κ1) is 19.1. The minimum Gasteiger partial charge on any atom is -0.496 e. The molecule has 0 saturated heterocycles. The third-order valence-corrected chi connectivity index (χ3v) is 4.94. The summed E-state index contributed by atoms with van der Waals surface area (Å²) in [6, 6.07) is 13.2. The molecule has 5 nitrogen and oxygen atoms in total. The Hall–Kier alpha value is -2.69. The number of ether oxygens (including phenoxy) is 3. The Morgan fingerprint density at radius 3 is 2.37 bits per heavy atom. The lowest BCUT2D eigenvalue weighted by atomic mass is 9.95. The van der Waals surface area contributed by atoms with Crippen molar-refractivity contribution in [3.63, 3.8) is 0 Å². The highest BCUT2D eigenvalue weighted by Crippen LogP contribution is 2.28. The third kappa shape index (κ3) is 4.94. The van der Waals surface area contributed by atoms with Crippen molar-refractivity contribution in [3.8, 4) is 17.2 Å². The third-order valence-electron chi connectivity index (χ3n) is 4.94. The van der Waals surface area contributed by atoms with Crippen molar-refractivity contribution in [1.29, 1.82) is 0 Å². The summed E-state index contributed by atoms with van der Waals surface area (Å²) in [5.74, 6) is 1.98. The molecule has 0 radical (unpaired) electrons. The molecule has 2 aromatic carbocycles. The maximum absolute atomic E-state index is 12.6. The van der Waals surface area contributed by atoms with Gasteiger partial charge in [-0.2, -0.15) is 0 Å². The van der Waals surface area contributed by atoms with Crippen molar-refractivity contribution in [1.82, 2.24) is 5.32 Å². The number of carbonyl (C=O) groups is 1. The molecule has 1 N–H and O–H groups in total. The summed E-state index contributed by atoms with van der Waals surface area (Å²) in [7, 11) is 3.22. The standard InChI is InChI=1S/C22H27NO4/c1-25-19-13-12-16(22(24)23-18-8-4-3-5-9-18)14-17(19)15-27-21-11-7-6-10-20(21)26-2/h6-7,10-14,18H,3-5,8-9,15H2,1-2H3,(H,23,24). The number of nitrogens with one attached hydrogen (secondary N) is 1. The number of hydrogen-bond donors (Lipinski definition) is 1. The van der Waals surface area contributed by atoms with Gasteiger partial charge in [-0.05, 0) is 43.2 Å². The molecule has 144 valence electrons. The van der Waals surface area contributed by atoms with Crippen molar-refractivity contribution in [3.05, 3.63) is 53.6 Å². The molecule has 3 rings (SSSR count). The topological polar surface area (TPSA) is 56.8 Å². The minimum absolute atomic E-state index is 0.0388. The number of para-hydroxylation sites is 2. The quantitative estimate of drug-likeness (QED) is 0.788. The molecule has 0 atom stereocenters. The van der Waals surface area contributed by atoms with E-state index in [9.17, 15) is 4.79 Å². The first-order valence-corrected chi connectivity index (χ1v) is 9.45. The summed E-state index contributed by atoms with van der Waals surface area (Å²) in [6.45, 7) is 0.286. The van der Waals surface area contributed by atoms with Crippen LogP contribution in [0.25, 0.3) is 0 Å². The molecule has 1 saturated carbocycles. The second-order valence-electron chi connectivity index (χ2n) is 6.77. The van der Waals surface area contributed by atoms with Gasteiger partial charge >= 0.3 is 0 Å². The molecule has 1 amide bonds. The van der Waals surface area contributed by atoms with E-state index >= 15 is 0 Å². The zero-order valence-corrected chi connectivity index (χ0v) is 16.0. The van der Waals surface area contributed by atoms with E-state index in [0.29, 0.717) is 22.8 Å². The van der Waals surface area contributed by atoms with Gasteiger partial charge in [0.1, 0.15) is 12.4 Å². The van der Waals surface area contributed by atoms with E-state index in [4.69, 9.17) is 14.2 Å². The van der Waals surface area contributed by atoms with Crippen LogP contribution in [0.2, 0.25) is 0 Å². The Labute approximate surface area is 160 Å². The van der Waals surface area contributed by atoms with Crippen LogP contribution in [-0.4, -0.2) is 26.2 Å². The fourth-order valence-electron chi connectivity index (χ4n) is 3.44. The molecule has 2 aromatic rings. The van der Waals surface area contributed by atoms with Crippen LogP contribution < -0.4 is 19.5 Å². The molecule has 5 heteroatoms. The maximum Gasteiger partial charge on any atom is 0.251 e. The Bertz CT molecular complexity index is 769. The first-order valence-electron chi connectivity index (χ1n) is 9.45. The number of carbonyl (C=O) groups excluding carboxylic acids is 1. The molecule has 0 heterocycles. The number of amides is 1. The monoisotopic (exact) mass is 369 g/mol. The van der Waals surface area contributed by atoms with Gasteiger partial charge in [0.05, 0.1) is 14.2 Å². The van der Waals surface area contributed by atoms with E-state index in [1.54, 1.807) is 20.3 Å². The lowest BCUT2D eigenvalue weighted by molar-refractivity contribution is 0.0927. The SMILES string of the molecule is COc1ccc(C(=O)NC2CCCCC2)cc1COc1ccccc1OC. The van der Waals surface area contributed by atoms with Crippen LogP contribution in [0, 0.1) is 0 Å². The van der Waals surface area contributed by atoms with E-state index in [1.807, 2.05) is 36.4 Å². The average Bonchev–Trinajstić information content (AvgIpc) is 2.72. The second-order valence-corrected chi connectivity index (χ2v) is 6.77. The highest BCUT2D eigenvalue weighted by molar-refractivity contribution is 5.94. The zero-order valence-electron chi connectivity index (χ0n) is 16.0. The molecule has 0 aromatic heterocycles. The van der Waals surface area contributed by atoms with Crippen LogP contribution in [0.4, 0.5) is 0 Å². The largest absolute Gasteiger partial charge is 0.496 e. The first-order chi connectivity index (χ1) is 13.2. The van der Waals surface area contributed by atoms with Crippen molar-refractivity contribution >= 4 is 5.91 Å². The van der Waals surface area contributed by atoms with E-state index in [1.165, 1.54) is 19.3 Å². The van der Waals surface area contributed by atoms with E-state index in [0.717, 1.165) is 18.4 Å². The number of hydrogen-bond acceptors (Lipinski definition) is 4. The molecule has 0 aliphatic heterocycles. The van der Waals surface area contributed by atoms with Gasteiger partial charge in [-0.15, -0.1) is 0 Å². The molecular formula is C22H27NO4. The Morgan fingerprint density at radius 1 is 0.963 bits per heavy atom. The summed E-state index contributed by atoms with van der Waals surface area (Å²) < 4.78 is 16.7. The lowest BCUT2D eigenvalue weighted by Crippen LogP contribution is -2.36. The summed E-state index contributed by atoms with van der Waals surface area (Å²) in [5.41, 5.74) is 1.44. The molecular weight excluding hydrogens is 342 g/mol. The van der Waals surface area contributed by atoms with Crippen LogP contribution in [0.5, 0.6) is 17.2 Å². The van der Waals surface area contributed by atoms with Gasteiger partial charge in [0.25, 0.3) is 5.91 Å². The fourth-order valence-corrected chi connectivity index (χ4v) is 3.44. The smallest absolute Gasteiger partial charge is 0.251 e. The summed E-state index contributed by atoms with van der Waals surface area (Å²) in [6.07, 6.45) is 5.76. The summed E-state index contributed by atoms with van der Waals surface area (Å²) in [4.78, 5) is 12.6. The van der Waals surface area contributed by atoms with Crippen molar-refractivity contribution in [2.24, 2.45) is 0 Å². The van der Waals surface area contributed by atoms with E-state index < -0.39 is 0 Å². The van der Waals surface area contributed by atoms with E-state index in [2.05, 4.69) is 5.32 Å².